The van der Waals surface area contributed by atoms with E-state index in [2.05, 4.69) is 11.9 Å². The number of aromatic hydroxyl groups is 1. The highest BCUT2D eigenvalue weighted by atomic mass is 31.2. The fourth-order valence-corrected chi connectivity index (χ4v) is 5.47. The number of phenolic OH excluding ortho intramolecular Hbond substituents is 1. The van der Waals surface area contributed by atoms with Crippen molar-refractivity contribution in [2.75, 3.05) is 25.5 Å². The van der Waals surface area contributed by atoms with Crippen molar-refractivity contribution in [1.29, 1.82) is 0 Å². The Hall–Kier alpha value is -4.29. The smallest absolute Gasteiger partial charge is 0.508 e. The summed E-state index contributed by atoms with van der Waals surface area (Å²) in [5.74, 6) is 0.109. The summed E-state index contributed by atoms with van der Waals surface area (Å²) in [7, 11) is -4.87. The number of imidazole rings is 1. The summed E-state index contributed by atoms with van der Waals surface area (Å²) in [5, 5.41) is 11.0. The van der Waals surface area contributed by atoms with Gasteiger partial charge in [-0.1, -0.05) is 19.4 Å². The molecule has 1 aliphatic rings. The van der Waals surface area contributed by atoms with Gasteiger partial charge >= 0.3 is 7.82 Å². The van der Waals surface area contributed by atoms with Gasteiger partial charge in [-0.2, -0.15) is 0 Å². The van der Waals surface area contributed by atoms with Gasteiger partial charge in [-0.3, -0.25) is 24.3 Å². The molecule has 0 saturated carbocycles. The zero-order valence-electron chi connectivity index (χ0n) is 23.5. The minimum Gasteiger partial charge on any atom is -0.508 e. The van der Waals surface area contributed by atoms with Crippen LogP contribution in [0.2, 0.25) is 0 Å². The second kappa shape index (κ2) is 12.5. The molecule has 5 N–H and O–H groups in total. The number of phenols is 1. The molecule has 0 atom stereocenters. The van der Waals surface area contributed by atoms with Crippen LogP contribution in [0.25, 0.3) is 21.9 Å². The number of phosphoric ester groups is 1. The van der Waals surface area contributed by atoms with Crippen LogP contribution in [0.3, 0.4) is 0 Å². The minimum absolute atomic E-state index is 0.0632. The van der Waals surface area contributed by atoms with Crippen molar-refractivity contribution < 1.29 is 38.3 Å². The number of aromatic nitrogens is 3. The maximum atomic E-state index is 11.7. The predicted molar refractivity (Wildman–Crippen MR) is 158 cm³/mol. The molecule has 2 aromatic heterocycles. The number of fused-ring (bicyclic) bond motifs is 3. The topological polar surface area (TPSA) is 190 Å². The van der Waals surface area contributed by atoms with E-state index in [-0.39, 0.29) is 48.8 Å². The number of carbonyl (C=O) groups is 2. The molecule has 4 aromatic rings. The van der Waals surface area contributed by atoms with Gasteiger partial charge in [-0.25, -0.2) is 14.5 Å². The van der Waals surface area contributed by atoms with Crippen molar-refractivity contribution >= 4 is 47.4 Å². The number of unbranched alkanes of at least 4 members (excludes halogenated alkanes) is 1. The molecular formula is C29H32N5O8P. The Bertz CT molecular complexity index is 1760. The van der Waals surface area contributed by atoms with Crippen molar-refractivity contribution in [1.82, 2.24) is 19.4 Å². The highest BCUT2D eigenvalue weighted by Gasteiger charge is 2.24. The lowest BCUT2D eigenvalue weighted by molar-refractivity contribution is -0.137. The minimum atomic E-state index is -4.87. The molecule has 0 radical (unpaired) electrons. The molecule has 13 nitrogen and oxygen atoms in total. The van der Waals surface area contributed by atoms with Crippen LogP contribution >= 0.6 is 7.82 Å². The van der Waals surface area contributed by atoms with Crippen molar-refractivity contribution in [2.24, 2.45) is 0 Å². The molecule has 14 heteroatoms. The third-order valence-corrected chi connectivity index (χ3v) is 7.52. The molecule has 0 unspecified atom stereocenters. The molecular weight excluding hydrogens is 577 g/mol. The van der Waals surface area contributed by atoms with Gasteiger partial charge in [0.1, 0.15) is 22.8 Å². The average molecular weight is 610 g/mol. The largest absolute Gasteiger partial charge is 0.524 e. The van der Waals surface area contributed by atoms with Gasteiger partial charge in [0.05, 0.1) is 37.3 Å². The summed E-state index contributed by atoms with van der Waals surface area (Å²) in [4.78, 5) is 52.9. The van der Waals surface area contributed by atoms with E-state index in [9.17, 15) is 29.0 Å². The van der Waals surface area contributed by atoms with Crippen LogP contribution in [0.4, 0.5) is 5.82 Å². The number of hydrogen-bond donors (Lipinski definition) is 4. The van der Waals surface area contributed by atoms with Crippen LogP contribution < -0.4 is 10.3 Å². The lowest BCUT2D eigenvalue weighted by Crippen LogP contribution is -2.33. The van der Waals surface area contributed by atoms with Crippen molar-refractivity contribution in [3.8, 4) is 11.5 Å². The van der Waals surface area contributed by atoms with Crippen molar-refractivity contribution in [2.45, 2.75) is 39.2 Å². The van der Waals surface area contributed by atoms with Crippen LogP contribution in [-0.4, -0.2) is 65.9 Å². The zero-order valence-corrected chi connectivity index (χ0v) is 24.4. The SMILES string of the molecule is CCCCc1nc2c(N)nc3ccc(CCOCCN4C(=O)C=CC4=O)cc3c2n1Cc1cc(O)ccc1OP(=O)(O)O. The van der Waals surface area contributed by atoms with E-state index in [4.69, 9.17) is 20.0 Å². The Labute approximate surface area is 246 Å². The van der Waals surface area contributed by atoms with Gasteiger partial charge in [0.2, 0.25) is 0 Å². The molecule has 0 fully saturated rings. The Balaban J connectivity index is 1.47. The number of carbonyl (C=O) groups excluding carboxylic acids is 2. The quantitative estimate of drug-likeness (QED) is 0.0989. The maximum absolute atomic E-state index is 11.7. The summed E-state index contributed by atoms with van der Waals surface area (Å²) in [6.07, 6.45) is 5.40. The van der Waals surface area contributed by atoms with Crippen molar-refractivity contribution in [3.63, 3.8) is 0 Å². The van der Waals surface area contributed by atoms with Gasteiger partial charge in [-0.05, 0) is 48.7 Å². The molecule has 1 aliphatic heterocycles. The number of benzene rings is 2. The molecule has 0 bridgehead atoms. The first-order valence-electron chi connectivity index (χ1n) is 13.8. The summed E-state index contributed by atoms with van der Waals surface area (Å²) in [6, 6.07) is 9.75. The lowest BCUT2D eigenvalue weighted by Gasteiger charge is -2.16. The molecule has 43 heavy (non-hydrogen) atoms. The third-order valence-electron chi connectivity index (χ3n) is 7.08. The van der Waals surface area contributed by atoms with Crippen LogP contribution in [0, 0.1) is 0 Å². The second-order valence-electron chi connectivity index (χ2n) is 10.2. The Morgan fingerprint density at radius 3 is 2.49 bits per heavy atom. The molecule has 226 valence electrons. The Morgan fingerprint density at radius 1 is 1.00 bits per heavy atom. The molecule has 3 heterocycles. The van der Waals surface area contributed by atoms with Crippen LogP contribution in [0.5, 0.6) is 11.5 Å². The first-order chi connectivity index (χ1) is 20.5. The highest BCUT2D eigenvalue weighted by molar-refractivity contribution is 7.46. The number of pyridine rings is 1. The van der Waals surface area contributed by atoms with Crippen LogP contribution in [0.15, 0.2) is 48.6 Å². The number of anilines is 1. The van der Waals surface area contributed by atoms with Gasteiger partial charge in [-0.15, -0.1) is 0 Å². The molecule has 2 aromatic carbocycles. The van der Waals surface area contributed by atoms with E-state index in [0.717, 1.165) is 28.7 Å². The van der Waals surface area contributed by atoms with E-state index in [1.807, 2.05) is 22.8 Å². The third kappa shape index (κ3) is 6.86. The summed E-state index contributed by atoms with van der Waals surface area (Å²) in [6.45, 7) is 2.90. The number of ether oxygens (including phenoxy) is 1. The molecule has 0 aliphatic carbocycles. The fraction of sp³-hybridized carbons (Fsp3) is 0.310. The van der Waals surface area contributed by atoms with Gasteiger partial charge in [0.15, 0.2) is 5.82 Å². The second-order valence-corrected chi connectivity index (χ2v) is 11.3. The number of amides is 2. The number of phosphoric acid groups is 1. The lowest BCUT2D eigenvalue weighted by atomic mass is 10.1. The average Bonchev–Trinajstić information content (AvgIpc) is 3.48. The summed E-state index contributed by atoms with van der Waals surface area (Å²) < 4.78 is 24.2. The van der Waals surface area contributed by atoms with E-state index in [0.29, 0.717) is 47.4 Å². The van der Waals surface area contributed by atoms with E-state index in [1.165, 1.54) is 30.4 Å². The van der Waals surface area contributed by atoms with E-state index in [1.54, 1.807) is 0 Å². The van der Waals surface area contributed by atoms with Crippen molar-refractivity contribution in [3.05, 3.63) is 65.5 Å². The number of imide groups is 1. The number of rotatable bonds is 13. The summed E-state index contributed by atoms with van der Waals surface area (Å²) in [5.41, 5.74) is 9.48. The summed E-state index contributed by atoms with van der Waals surface area (Å²) >= 11 is 0. The van der Waals surface area contributed by atoms with E-state index >= 15 is 0 Å². The van der Waals surface area contributed by atoms with Gasteiger partial charge < -0.3 is 24.7 Å². The standard InChI is InChI=1S/C29H32N5O8P/c1-2-3-4-24-32-27-28(34(24)17-19-16-20(35)6-8-23(19)42-43(38,39)40)21-15-18(5-7-22(21)31-29(27)30)11-13-41-14-12-33-25(36)9-10-26(33)37/h5-10,15-16,35H,2-4,11-14,17H2,1H3,(H2,30,31)(H2,38,39,40). The molecule has 0 spiro atoms. The molecule has 5 rings (SSSR count). The monoisotopic (exact) mass is 609 g/mol. The highest BCUT2D eigenvalue weighted by Crippen LogP contribution is 2.41. The number of nitrogens with zero attached hydrogens (tertiary/aromatic N) is 4. The first-order valence-corrected chi connectivity index (χ1v) is 15.3. The van der Waals surface area contributed by atoms with Crippen LogP contribution in [0.1, 0.15) is 36.7 Å². The maximum Gasteiger partial charge on any atom is 0.524 e. The molecule has 2 amide bonds. The number of hydrogen-bond acceptors (Lipinski definition) is 9. The van der Waals surface area contributed by atoms with E-state index < -0.39 is 7.82 Å². The van der Waals surface area contributed by atoms with Gasteiger partial charge in [0, 0.05) is 29.5 Å². The zero-order chi connectivity index (χ0) is 30.7. The molecule has 0 saturated heterocycles. The fourth-order valence-electron chi connectivity index (χ4n) is 5.03. The Kier molecular flexibility index (Phi) is 8.79. The van der Waals surface area contributed by atoms with Gasteiger partial charge in [0.25, 0.3) is 11.8 Å². The Morgan fingerprint density at radius 2 is 1.77 bits per heavy atom. The number of nitrogens with two attached hydrogens (primary N) is 1. The predicted octanol–water partition coefficient (Wildman–Crippen LogP) is 3.22. The first kappa shape index (κ1) is 30.2. The normalized spacial score (nSPS) is 13.6. The number of aryl methyl sites for hydroxylation is 1. The number of nitrogen functional groups attached to an aromatic ring is 1. The van der Waals surface area contributed by atoms with Crippen LogP contribution in [-0.2, 0) is 38.3 Å².